The van der Waals surface area contributed by atoms with Crippen molar-refractivity contribution in [1.29, 1.82) is 0 Å². The van der Waals surface area contributed by atoms with Crippen LogP contribution in [0.3, 0.4) is 0 Å². The molecule has 0 radical (unpaired) electrons. The molecule has 0 aromatic carbocycles. The number of carbonyl (C=O) groups is 1. The Kier molecular flexibility index (Phi) is 4.85. The van der Waals surface area contributed by atoms with Gasteiger partial charge in [0.25, 0.3) is 0 Å². The highest BCUT2D eigenvalue weighted by atomic mass is 32.2. The van der Waals surface area contributed by atoms with Crippen LogP contribution in [-0.2, 0) is 9.84 Å². The molecule has 0 unspecified atom stereocenters. The molecule has 2 amide bonds. The van der Waals surface area contributed by atoms with Crippen molar-refractivity contribution in [3.8, 4) is 0 Å². The summed E-state index contributed by atoms with van der Waals surface area (Å²) in [4.78, 5) is 11.6. The fourth-order valence-corrected chi connectivity index (χ4v) is 4.29. The molecule has 2 aliphatic rings. The number of urea groups is 1. The summed E-state index contributed by atoms with van der Waals surface area (Å²) in [5.74, 6) is 0.260. The highest BCUT2D eigenvalue weighted by Gasteiger charge is 2.28. The zero-order valence-electron chi connectivity index (χ0n) is 11.2. The summed E-state index contributed by atoms with van der Waals surface area (Å²) in [5.41, 5.74) is 1.43. The molecule has 1 heterocycles. The molecule has 1 saturated heterocycles. The van der Waals surface area contributed by atoms with Crippen molar-refractivity contribution < 1.29 is 13.2 Å². The maximum Gasteiger partial charge on any atom is 0.315 e. The second kappa shape index (κ2) is 6.41. The lowest BCUT2D eigenvalue weighted by Crippen LogP contribution is -2.43. The standard InChI is InChI=1S/C13H22N2O3S/c16-13(15-12-7-9-19(17,18)10-12)14-8-6-11-4-2-1-3-5-11/h4,12H,1-3,5-10H2,(H2,14,15,16)/t12-/m1/s1. The molecule has 5 nitrogen and oxygen atoms in total. The van der Waals surface area contributed by atoms with Crippen LogP contribution in [0, 0.1) is 0 Å². The van der Waals surface area contributed by atoms with Gasteiger partial charge in [0.05, 0.1) is 11.5 Å². The lowest BCUT2D eigenvalue weighted by molar-refractivity contribution is 0.238. The first-order valence-corrected chi connectivity index (χ1v) is 8.80. The van der Waals surface area contributed by atoms with E-state index in [0.717, 1.165) is 19.3 Å². The molecular weight excluding hydrogens is 264 g/mol. The van der Waals surface area contributed by atoms with Crippen LogP contribution in [0.2, 0.25) is 0 Å². The molecule has 0 aromatic rings. The van der Waals surface area contributed by atoms with Crippen LogP contribution in [0.25, 0.3) is 0 Å². The number of carbonyl (C=O) groups excluding carboxylic acids is 1. The smallest absolute Gasteiger partial charge is 0.315 e. The minimum atomic E-state index is -2.93. The van der Waals surface area contributed by atoms with Gasteiger partial charge in [-0.15, -0.1) is 0 Å². The van der Waals surface area contributed by atoms with Crippen molar-refractivity contribution >= 4 is 15.9 Å². The maximum atomic E-state index is 11.6. The molecular formula is C13H22N2O3S. The number of hydrogen-bond donors (Lipinski definition) is 2. The Bertz CT molecular complexity index is 457. The monoisotopic (exact) mass is 286 g/mol. The molecule has 6 heteroatoms. The molecule has 2 N–H and O–H groups in total. The maximum absolute atomic E-state index is 11.6. The van der Waals surface area contributed by atoms with Crippen molar-refractivity contribution in [3.05, 3.63) is 11.6 Å². The van der Waals surface area contributed by atoms with E-state index in [9.17, 15) is 13.2 Å². The normalized spacial score (nSPS) is 25.7. The first-order valence-electron chi connectivity index (χ1n) is 6.98. The van der Waals surface area contributed by atoms with E-state index in [1.54, 1.807) is 0 Å². The molecule has 1 aliphatic carbocycles. The summed E-state index contributed by atoms with van der Waals surface area (Å²) in [6, 6.07) is -0.475. The van der Waals surface area contributed by atoms with Crippen molar-refractivity contribution in [2.45, 2.75) is 44.6 Å². The Hall–Kier alpha value is -1.04. The zero-order valence-corrected chi connectivity index (χ0v) is 12.0. The number of amides is 2. The van der Waals surface area contributed by atoms with Crippen LogP contribution in [0.15, 0.2) is 11.6 Å². The summed E-state index contributed by atoms with van der Waals surface area (Å²) < 4.78 is 22.5. The number of nitrogens with one attached hydrogen (secondary N) is 2. The highest BCUT2D eigenvalue weighted by Crippen LogP contribution is 2.19. The molecule has 1 fully saturated rings. The topological polar surface area (TPSA) is 75.3 Å². The van der Waals surface area contributed by atoms with E-state index in [1.165, 1.54) is 18.4 Å². The average Bonchev–Trinajstić information content (AvgIpc) is 2.70. The van der Waals surface area contributed by atoms with E-state index < -0.39 is 9.84 Å². The number of sulfone groups is 1. The number of allylic oxidation sites excluding steroid dienone is 1. The molecule has 0 aromatic heterocycles. The predicted molar refractivity (Wildman–Crippen MR) is 74.8 cm³/mol. The van der Waals surface area contributed by atoms with Gasteiger partial charge in [0.15, 0.2) is 9.84 Å². The van der Waals surface area contributed by atoms with E-state index in [-0.39, 0.29) is 23.6 Å². The summed E-state index contributed by atoms with van der Waals surface area (Å²) in [6.45, 7) is 0.622. The predicted octanol–water partition coefficient (Wildman–Crippen LogP) is 1.36. The van der Waals surface area contributed by atoms with Crippen LogP contribution in [0.4, 0.5) is 4.79 Å². The summed E-state index contributed by atoms with van der Waals surface area (Å²) in [7, 11) is -2.93. The third kappa shape index (κ3) is 4.86. The van der Waals surface area contributed by atoms with E-state index in [4.69, 9.17) is 0 Å². The van der Waals surface area contributed by atoms with Crippen molar-refractivity contribution in [2.24, 2.45) is 0 Å². The van der Waals surface area contributed by atoms with Gasteiger partial charge in [-0.3, -0.25) is 0 Å². The van der Waals surface area contributed by atoms with Crippen LogP contribution in [-0.4, -0.2) is 38.5 Å². The molecule has 1 atom stereocenters. The van der Waals surface area contributed by atoms with Gasteiger partial charge >= 0.3 is 6.03 Å². The molecule has 108 valence electrons. The van der Waals surface area contributed by atoms with E-state index in [0.29, 0.717) is 13.0 Å². The van der Waals surface area contributed by atoms with Gasteiger partial charge in [-0.05, 0) is 38.5 Å². The minimum Gasteiger partial charge on any atom is -0.338 e. The molecule has 0 spiro atoms. The van der Waals surface area contributed by atoms with Gasteiger partial charge in [-0.25, -0.2) is 13.2 Å². The third-order valence-corrected chi connectivity index (χ3v) is 5.45. The number of rotatable bonds is 4. The van der Waals surface area contributed by atoms with Gasteiger partial charge < -0.3 is 10.6 Å². The first-order chi connectivity index (χ1) is 9.05. The van der Waals surface area contributed by atoms with Crippen LogP contribution in [0.5, 0.6) is 0 Å². The van der Waals surface area contributed by atoms with Crippen LogP contribution >= 0.6 is 0 Å². The second-order valence-corrected chi connectivity index (χ2v) is 7.59. The quantitative estimate of drug-likeness (QED) is 0.766. The zero-order chi connectivity index (χ0) is 13.7. The molecule has 2 rings (SSSR count). The van der Waals surface area contributed by atoms with Crippen molar-refractivity contribution in [1.82, 2.24) is 10.6 Å². The Labute approximate surface area is 114 Å². The second-order valence-electron chi connectivity index (χ2n) is 5.36. The van der Waals surface area contributed by atoms with E-state index in [2.05, 4.69) is 16.7 Å². The van der Waals surface area contributed by atoms with Crippen molar-refractivity contribution in [3.63, 3.8) is 0 Å². The Morgan fingerprint density at radius 3 is 2.84 bits per heavy atom. The van der Waals surface area contributed by atoms with Gasteiger partial charge in [0.2, 0.25) is 0 Å². The number of hydrogen-bond acceptors (Lipinski definition) is 3. The van der Waals surface area contributed by atoms with Gasteiger partial charge in [0.1, 0.15) is 0 Å². The summed E-state index contributed by atoms with van der Waals surface area (Å²) >= 11 is 0. The highest BCUT2D eigenvalue weighted by molar-refractivity contribution is 7.91. The fourth-order valence-electron chi connectivity index (χ4n) is 2.61. The SMILES string of the molecule is O=C(NCCC1=CCCCC1)N[C@@H]1CCS(=O)(=O)C1. The lowest BCUT2D eigenvalue weighted by atomic mass is 9.97. The van der Waals surface area contributed by atoms with E-state index in [1.807, 2.05) is 0 Å². The van der Waals surface area contributed by atoms with E-state index >= 15 is 0 Å². The van der Waals surface area contributed by atoms with Crippen LogP contribution < -0.4 is 10.6 Å². The molecule has 0 bridgehead atoms. The summed E-state index contributed by atoms with van der Waals surface area (Å²) in [6.07, 6.45) is 8.51. The van der Waals surface area contributed by atoms with Crippen LogP contribution in [0.1, 0.15) is 38.5 Å². The largest absolute Gasteiger partial charge is 0.338 e. The average molecular weight is 286 g/mol. The van der Waals surface area contributed by atoms with Gasteiger partial charge in [-0.1, -0.05) is 11.6 Å². The summed E-state index contributed by atoms with van der Waals surface area (Å²) in [5, 5.41) is 5.52. The Morgan fingerprint density at radius 2 is 2.21 bits per heavy atom. The molecule has 19 heavy (non-hydrogen) atoms. The Balaban J connectivity index is 1.63. The minimum absolute atomic E-state index is 0.0750. The molecule has 1 aliphatic heterocycles. The fraction of sp³-hybridized carbons (Fsp3) is 0.769. The van der Waals surface area contributed by atoms with Crippen molar-refractivity contribution in [2.75, 3.05) is 18.1 Å². The molecule has 0 saturated carbocycles. The lowest BCUT2D eigenvalue weighted by Gasteiger charge is -2.14. The first kappa shape index (κ1) is 14.4. The Morgan fingerprint density at radius 1 is 1.37 bits per heavy atom. The van der Waals surface area contributed by atoms with Gasteiger partial charge in [-0.2, -0.15) is 0 Å². The van der Waals surface area contributed by atoms with Gasteiger partial charge in [0, 0.05) is 12.6 Å². The third-order valence-electron chi connectivity index (χ3n) is 3.68.